The maximum absolute atomic E-state index is 13.7. The number of pyridine rings is 3. The van der Waals surface area contributed by atoms with Gasteiger partial charge < -0.3 is 4.98 Å². The second-order valence-corrected chi connectivity index (χ2v) is 4.50. The molecule has 1 N–H and O–H groups in total. The van der Waals surface area contributed by atoms with E-state index in [-0.39, 0.29) is 0 Å². The van der Waals surface area contributed by atoms with E-state index in [1.54, 1.807) is 30.7 Å². The molecule has 0 amide bonds. The standard InChI is InChI=1S/C15H9FN4/c16-15-9(2-1-4-18-15)13-6-14-11(8-19-13)10-7-17-5-3-12(10)20-14/h1-8,20H. The van der Waals surface area contributed by atoms with Gasteiger partial charge in [-0.2, -0.15) is 4.39 Å². The minimum atomic E-state index is -0.517. The number of hydrogen-bond donors (Lipinski definition) is 1. The van der Waals surface area contributed by atoms with Crippen molar-refractivity contribution in [2.24, 2.45) is 0 Å². The highest BCUT2D eigenvalue weighted by molar-refractivity contribution is 6.06. The van der Waals surface area contributed by atoms with Crippen LogP contribution in [0.25, 0.3) is 33.1 Å². The third-order valence-electron chi connectivity index (χ3n) is 3.32. The number of nitrogens with one attached hydrogen (secondary N) is 1. The molecule has 20 heavy (non-hydrogen) atoms. The zero-order valence-corrected chi connectivity index (χ0v) is 10.3. The number of H-pyrrole nitrogens is 1. The lowest BCUT2D eigenvalue weighted by molar-refractivity contribution is 0.587. The van der Waals surface area contributed by atoms with Crippen molar-refractivity contribution >= 4 is 21.8 Å². The fourth-order valence-electron chi connectivity index (χ4n) is 2.36. The molecule has 4 heterocycles. The molecule has 4 rings (SSSR count). The van der Waals surface area contributed by atoms with E-state index in [1.807, 2.05) is 12.1 Å². The van der Waals surface area contributed by atoms with Crippen molar-refractivity contribution < 1.29 is 4.39 Å². The Kier molecular flexibility index (Phi) is 2.26. The van der Waals surface area contributed by atoms with Crippen LogP contribution in [0, 0.1) is 5.95 Å². The Morgan fingerprint density at radius 3 is 2.75 bits per heavy atom. The molecule has 0 fully saturated rings. The van der Waals surface area contributed by atoms with Crippen LogP contribution < -0.4 is 0 Å². The molecule has 4 aromatic heterocycles. The molecule has 0 bridgehead atoms. The molecule has 0 spiro atoms. The Bertz CT molecular complexity index is 929. The molecule has 4 aromatic rings. The van der Waals surface area contributed by atoms with Crippen molar-refractivity contribution in [1.29, 1.82) is 0 Å². The van der Waals surface area contributed by atoms with Gasteiger partial charge in [0.2, 0.25) is 5.95 Å². The van der Waals surface area contributed by atoms with Crippen LogP contribution in [-0.2, 0) is 0 Å². The summed E-state index contributed by atoms with van der Waals surface area (Å²) in [5.74, 6) is -0.517. The van der Waals surface area contributed by atoms with Crippen molar-refractivity contribution in [3.8, 4) is 11.3 Å². The van der Waals surface area contributed by atoms with E-state index in [0.717, 1.165) is 21.8 Å². The largest absolute Gasteiger partial charge is 0.354 e. The maximum atomic E-state index is 13.7. The summed E-state index contributed by atoms with van der Waals surface area (Å²) in [6, 6.07) is 7.09. The van der Waals surface area contributed by atoms with Gasteiger partial charge in [-0.1, -0.05) is 0 Å². The molecule has 0 saturated heterocycles. The Hall–Kier alpha value is -2.82. The molecule has 0 aliphatic heterocycles. The molecule has 0 aliphatic rings. The Morgan fingerprint density at radius 2 is 1.85 bits per heavy atom. The SMILES string of the molecule is Fc1ncccc1-c1cc2[nH]c3ccncc3c2cn1. The number of nitrogens with zero attached hydrogens (tertiary/aromatic N) is 3. The summed E-state index contributed by atoms with van der Waals surface area (Å²) >= 11 is 0. The van der Waals surface area contributed by atoms with Gasteiger partial charge in [-0.3, -0.25) is 9.97 Å². The summed E-state index contributed by atoms with van der Waals surface area (Å²) in [5, 5.41) is 1.98. The average molecular weight is 264 g/mol. The lowest BCUT2D eigenvalue weighted by atomic mass is 10.1. The molecule has 4 nitrogen and oxygen atoms in total. The van der Waals surface area contributed by atoms with Gasteiger partial charge in [-0.25, -0.2) is 4.98 Å². The molecule has 0 aliphatic carbocycles. The Balaban J connectivity index is 2.00. The molecule has 0 radical (unpaired) electrons. The first kappa shape index (κ1) is 11.0. The zero-order valence-electron chi connectivity index (χ0n) is 10.3. The predicted molar refractivity (Wildman–Crippen MR) is 74.6 cm³/mol. The van der Waals surface area contributed by atoms with Gasteiger partial charge in [-0.05, 0) is 24.3 Å². The van der Waals surface area contributed by atoms with Crippen LogP contribution in [0.4, 0.5) is 4.39 Å². The molecule has 5 heteroatoms. The number of aromatic amines is 1. The molecule has 0 atom stereocenters. The summed E-state index contributed by atoms with van der Waals surface area (Å²) in [6.07, 6.45) is 6.68. The van der Waals surface area contributed by atoms with E-state index in [2.05, 4.69) is 19.9 Å². The third kappa shape index (κ3) is 1.56. The van der Waals surface area contributed by atoms with E-state index >= 15 is 0 Å². The van der Waals surface area contributed by atoms with Crippen molar-refractivity contribution in [2.45, 2.75) is 0 Å². The Morgan fingerprint density at radius 1 is 0.950 bits per heavy atom. The van der Waals surface area contributed by atoms with Crippen LogP contribution in [0.5, 0.6) is 0 Å². The minimum absolute atomic E-state index is 0.395. The molecule has 96 valence electrons. The van der Waals surface area contributed by atoms with Gasteiger partial charge in [0.1, 0.15) is 0 Å². The highest BCUT2D eigenvalue weighted by Crippen LogP contribution is 2.27. The third-order valence-corrected chi connectivity index (χ3v) is 3.32. The van der Waals surface area contributed by atoms with Gasteiger partial charge in [-0.15, -0.1) is 0 Å². The van der Waals surface area contributed by atoms with Crippen LogP contribution in [0.2, 0.25) is 0 Å². The van der Waals surface area contributed by atoms with Crippen molar-refractivity contribution in [3.63, 3.8) is 0 Å². The fourth-order valence-corrected chi connectivity index (χ4v) is 2.36. The molecular formula is C15H9FN4. The summed E-state index contributed by atoms with van der Waals surface area (Å²) in [5.41, 5.74) is 2.84. The summed E-state index contributed by atoms with van der Waals surface area (Å²) in [6.45, 7) is 0. The van der Waals surface area contributed by atoms with Gasteiger partial charge >= 0.3 is 0 Å². The lowest BCUT2D eigenvalue weighted by Crippen LogP contribution is -1.90. The zero-order chi connectivity index (χ0) is 13.5. The monoisotopic (exact) mass is 264 g/mol. The molecular weight excluding hydrogens is 255 g/mol. The van der Waals surface area contributed by atoms with Gasteiger partial charge in [0.15, 0.2) is 0 Å². The highest BCUT2D eigenvalue weighted by atomic mass is 19.1. The fraction of sp³-hybridized carbons (Fsp3) is 0. The lowest BCUT2D eigenvalue weighted by Gasteiger charge is -2.01. The normalized spacial score (nSPS) is 11.2. The summed E-state index contributed by atoms with van der Waals surface area (Å²) in [4.78, 5) is 15.4. The van der Waals surface area contributed by atoms with E-state index in [4.69, 9.17) is 0 Å². The summed E-state index contributed by atoms with van der Waals surface area (Å²) in [7, 11) is 0. The Labute approximate surface area is 113 Å². The van der Waals surface area contributed by atoms with Gasteiger partial charge in [0.25, 0.3) is 0 Å². The van der Waals surface area contributed by atoms with E-state index in [1.165, 1.54) is 6.20 Å². The quantitative estimate of drug-likeness (QED) is 0.536. The number of rotatable bonds is 1. The second-order valence-electron chi connectivity index (χ2n) is 4.50. The first-order valence-electron chi connectivity index (χ1n) is 6.15. The van der Waals surface area contributed by atoms with Crippen molar-refractivity contribution in [1.82, 2.24) is 19.9 Å². The summed E-state index contributed by atoms with van der Waals surface area (Å²) < 4.78 is 13.7. The van der Waals surface area contributed by atoms with E-state index in [0.29, 0.717) is 11.3 Å². The number of fused-ring (bicyclic) bond motifs is 3. The number of halogens is 1. The predicted octanol–water partition coefficient (Wildman–Crippen LogP) is 3.31. The second kappa shape index (κ2) is 4.09. The van der Waals surface area contributed by atoms with Crippen LogP contribution in [-0.4, -0.2) is 19.9 Å². The maximum Gasteiger partial charge on any atom is 0.222 e. The van der Waals surface area contributed by atoms with E-state index in [9.17, 15) is 4.39 Å². The van der Waals surface area contributed by atoms with Gasteiger partial charge in [0, 0.05) is 41.1 Å². The van der Waals surface area contributed by atoms with Gasteiger partial charge in [0.05, 0.1) is 16.8 Å². The van der Waals surface area contributed by atoms with Crippen LogP contribution in [0.15, 0.2) is 49.1 Å². The highest BCUT2D eigenvalue weighted by Gasteiger charge is 2.10. The average Bonchev–Trinajstić information content (AvgIpc) is 2.85. The topological polar surface area (TPSA) is 54.5 Å². The molecule has 0 unspecified atom stereocenters. The van der Waals surface area contributed by atoms with Crippen molar-refractivity contribution in [2.75, 3.05) is 0 Å². The van der Waals surface area contributed by atoms with Crippen LogP contribution in [0.3, 0.4) is 0 Å². The first-order valence-corrected chi connectivity index (χ1v) is 6.15. The first-order chi connectivity index (χ1) is 9.83. The molecule has 0 saturated carbocycles. The smallest absolute Gasteiger partial charge is 0.222 e. The number of aromatic nitrogens is 4. The van der Waals surface area contributed by atoms with Crippen molar-refractivity contribution in [3.05, 3.63) is 55.0 Å². The molecule has 0 aromatic carbocycles. The van der Waals surface area contributed by atoms with Crippen LogP contribution >= 0.6 is 0 Å². The number of hydrogen-bond acceptors (Lipinski definition) is 3. The van der Waals surface area contributed by atoms with E-state index < -0.39 is 5.95 Å². The van der Waals surface area contributed by atoms with Crippen LogP contribution in [0.1, 0.15) is 0 Å². The minimum Gasteiger partial charge on any atom is -0.354 e.